The lowest BCUT2D eigenvalue weighted by Gasteiger charge is -2.22. The molecule has 170 valence electrons. The van der Waals surface area contributed by atoms with E-state index in [2.05, 4.69) is 15.2 Å². The molecule has 0 aromatic heterocycles. The second-order valence-electron chi connectivity index (χ2n) is 6.96. The molecule has 1 N–H and O–H groups in total. The van der Waals surface area contributed by atoms with Gasteiger partial charge in [0, 0.05) is 39.7 Å². The third-order valence-corrected chi connectivity index (χ3v) is 4.65. The summed E-state index contributed by atoms with van der Waals surface area (Å²) in [5.41, 5.74) is 0.839. The maximum absolute atomic E-state index is 12.4. The summed E-state index contributed by atoms with van der Waals surface area (Å²) in [7, 11) is 4.76. The van der Waals surface area contributed by atoms with Crippen molar-refractivity contribution in [2.45, 2.75) is 19.1 Å². The molecule has 1 saturated heterocycles. The van der Waals surface area contributed by atoms with Gasteiger partial charge in [-0.25, -0.2) is 0 Å². The first kappa shape index (κ1) is 24.1. The standard InChI is InChI=1S/C20H30F3N3O4/c1-24-19(26-7-6-16(12-26)13-29-9-8-27-2)25-11-15-4-5-17(18(10-15)28-3)30-14-20(21,22)23/h4-5,10,16H,6-9,11-14H2,1-3H3,(H,24,25). The molecule has 1 aromatic carbocycles. The molecule has 0 bridgehead atoms. The Balaban J connectivity index is 1.86. The minimum Gasteiger partial charge on any atom is -0.493 e. The number of halogens is 3. The summed E-state index contributed by atoms with van der Waals surface area (Å²) in [6.07, 6.45) is -3.38. The van der Waals surface area contributed by atoms with Crippen molar-refractivity contribution < 1.29 is 32.1 Å². The number of likely N-dealkylation sites (tertiary alicyclic amines) is 1. The van der Waals surface area contributed by atoms with Crippen LogP contribution in [0.1, 0.15) is 12.0 Å². The van der Waals surface area contributed by atoms with Crippen molar-refractivity contribution in [1.82, 2.24) is 10.2 Å². The van der Waals surface area contributed by atoms with Crippen molar-refractivity contribution >= 4 is 5.96 Å². The van der Waals surface area contributed by atoms with Gasteiger partial charge in [0.2, 0.25) is 0 Å². The number of nitrogens with one attached hydrogen (secondary N) is 1. The maximum Gasteiger partial charge on any atom is 0.422 e. The average molecular weight is 433 g/mol. The minimum atomic E-state index is -4.40. The first-order valence-electron chi connectivity index (χ1n) is 9.75. The summed E-state index contributed by atoms with van der Waals surface area (Å²) in [6, 6.07) is 4.83. The number of aliphatic imine (C=N–C) groups is 1. The van der Waals surface area contributed by atoms with E-state index in [9.17, 15) is 13.2 Å². The number of nitrogens with zero attached hydrogens (tertiary/aromatic N) is 2. The Morgan fingerprint density at radius 2 is 2.03 bits per heavy atom. The zero-order valence-electron chi connectivity index (χ0n) is 17.6. The summed E-state index contributed by atoms with van der Waals surface area (Å²) in [4.78, 5) is 6.50. The van der Waals surface area contributed by atoms with Crippen LogP contribution in [0.5, 0.6) is 11.5 Å². The van der Waals surface area contributed by atoms with Gasteiger partial charge in [-0.15, -0.1) is 0 Å². The van der Waals surface area contributed by atoms with Crippen molar-refractivity contribution in [2.75, 3.05) is 60.8 Å². The predicted octanol–water partition coefficient (Wildman–Crippen LogP) is 2.70. The number of ether oxygens (including phenoxy) is 4. The highest BCUT2D eigenvalue weighted by atomic mass is 19.4. The van der Waals surface area contributed by atoms with E-state index in [1.807, 2.05) is 0 Å². The Labute approximate surface area is 175 Å². The second kappa shape index (κ2) is 11.8. The van der Waals surface area contributed by atoms with E-state index in [1.54, 1.807) is 26.3 Å². The van der Waals surface area contributed by atoms with E-state index in [-0.39, 0.29) is 11.5 Å². The van der Waals surface area contributed by atoms with Gasteiger partial charge in [0.25, 0.3) is 0 Å². The van der Waals surface area contributed by atoms with Gasteiger partial charge in [0.15, 0.2) is 24.1 Å². The molecule has 1 aliphatic heterocycles. The van der Waals surface area contributed by atoms with Gasteiger partial charge in [0.1, 0.15) is 0 Å². The molecule has 1 fully saturated rings. The van der Waals surface area contributed by atoms with Crippen LogP contribution >= 0.6 is 0 Å². The molecule has 10 heteroatoms. The Kier molecular flexibility index (Phi) is 9.51. The highest BCUT2D eigenvalue weighted by Crippen LogP contribution is 2.29. The van der Waals surface area contributed by atoms with Crippen LogP contribution in [0, 0.1) is 5.92 Å². The summed E-state index contributed by atoms with van der Waals surface area (Å²) in [5.74, 6) is 1.51. The van der Waals surface area contributed by atoms with E-state index in [1.165, 1.54) is 13.2 Å². The molecule has 7 nitrogen and oxygen atoms in total. The van der Waals surface area contributed by atoms with Crippen LogP contribution in [0.25, 0.3) is 0 Å². The zero-order valence-corrected chi connectivity index (χ0v) is 17.6. The summed E-state index contributed by atoms with van der Waals surface area (Å²) in [6.45, 7) is 2.68. The van der Waals surface area contributed by atoms with Gasteiger partial charge in [-0.2, -0.15) is 13.2 Å². The van der Waals surface area contributed by atoms with Crippen LogP contribution in [0.15, 0.2) is 23.2 Å². The monoisotopic (exact) mass is 433 g/mol. The van der Waals surface area contributed by atoms with Crippen LogP contribution in [0.4, 0.5) is 13.2 Å². The van der Waals surface area contributed by atoms with E-state index < -0.39 is 12.8 Å². The fourth-order valence-electron chi connectivity index (χ4n) is 3.17. The zero-order chi connectivity index (χ0) is 22.0. The van der Waals surface area contributed by atoms with Gasteiger partial charge in [-0.1, -0.05) is 6.07 Å². The van der Waals surface area contributed by atoms with Crippen LogP contribution in [0.2, 0.25) is 0 Å². The first-order valence-corrected chi connectivity index (χ1v) is 9.75. The molecule has 0 radical (unpaired) electrons. The SMILES string of the molecule is CN=C(NCc1ccc(OCC(F)(F)F)c(OC)c1)N1CCC(COCCOC)C1. The molecule has 1 atom stereocenters. The number of rotatable bonds is 10. The molecule has 30 heavy (non-hydrogen) atoms. The van der Waals surface area contributed by atoms with Gasteiger partial charge in [-0.05, 0) is 24.1 Å². The van der Waals surface area contributed by atoms with E-state index >= 15 is 0 Å². The van der Waals surface area contributed by atoms with Gasteiger partial charge in [-0.3, -0.25) is 4.99 Å². The molecule has 0 spiro atoms. The Morgan fingerprint density at radius 1 is 1.23 bits per heavy atom. The number of methoxy groups -OCH3 is 2. The highest BCUT2D eigenvalue weighted by Gasteiger charge is 2.29. The third-order valence-electron chi connectivity index (χ3n) is 4.65. The Bertz CT molecular complexity index is 686. The average Bonchev–Trinajstić information content (AvgIpc) is 3.18. The lowest BCUT2D eigenvalue weighted by Crippen LogP contribution is -2.39. The third kappa shape index (κ3) is 7.91. The second-order valence-corrected chi connectivity index (χ2v) is 6.96. The number of alkyl halides is 3. The minimum absolute atomic E-state index is 0.0545. The molecular weight excluding hydrogens is 403 g/mol. The van der Waals surface area contributed by atoms with Crippen molar-refractivity contribution in [3.63, 3.8) is 0 Å². The molecule has 1 aliphatic rings. The maximum atomic E-state index is 12.4. The van der Waals surface area contributed by atoms with E-state index in [0.717, 1.165) is 31.0 Å². The topological polar surface area (TPSA) is 64.6 Å². The summed E-state index contributed by atoms with van der Waals surface area (Å²) in [5, 5.41) is 3.29. The largest absolute Gasteiger partial charge is 0.493 e. The molecule has 0 saturated carbocycles. The van der Waals surface area contributed by atoms with Crippen LogP contribution < -0.4 is 14.8 Å². The smallest absolute Gasteiger partial charge is 0.422 e. The summed E-state index contributed by atoms with van der Waals surface area (Å²) < 4.78 is 57.7. The summed E-state index contributed by atoms with van der Waals surface area (Å²) >= 11 is 0. The normalized spacial score (nSPS) is 17.3. The fourth-order valence-corrected chi connectivity index (χ4v) is 3.17. The molecule has 0 aliphatic carbocycles. The van der Waals surface area contributed by atoms with E-state index in [0.29, 0.717) is 32.3 Å². The van der Waals surface area contributed by atoms with Gasteiger partial charge >= 0.3 is 6.18 Å². The quantitative estimate of drug-likeness (QED) is 0.348. The molecular formula is C20H30F3N3O4. The molecule has 1 unspecified atom stereocenters. The number of guanidine groups is 1. The molecule has 1 aromatic rings. The highest BCUT2D eigenvalue weighted by molar-refractivity contribution is 5.80. The number of hydrogen-bond donors (Lipinski definition) is 1. The fraction of sp³-hybridized carbons (Fsp3) is 0.650. The van der Waals surface area contributed by atoms with Crippen molar-refractivity contribution in [3.05, 3.63) is 23.8 Å². The number of hydrogen-bond acceptors (Lipinski definition) is 5. The van der Waals surface area contributed by atoms with Crippen molar-refractivity contribution in [2.24, 2.45) is 10.9 Å². The lowest BCUT2D eigenvalue weighted by atomic mass is 10.1. The lowest BCUT2D eigenvalue weighted by molar-refractivity contribution is -0.153. The van der Waals surface area contributed by atoms with Crippen molar-refractivity contribution in [1.29, 1.82) is 0 Å². The van der Waals surface area contributed by atoms with Gasteiger partial charge < -0.3 is 29.2 Å². The Hall–Kier alpha value is -2.20. The number of benzene rings is 1. The molecule has 2 rings (SSSR count). The first-order chi connectivity index (χ1) is 14.4. The van der Waals surface area contributed by atoms with Crippen LogP contribution in [0.3, 0.4) is 0 Å². The molecule has 0 amide bonds. The Morgan fingerprint density at radius 3 is 2.70 bits per heavy atom. The van der Waals surface area contributed by atoms with Gasteiger partial charge in [0.05, 0.1) is 26.9 Å². The van der Waals surface area contributed by atoms with E-state index in [4.69, 9.17) is 18.9 Å². The molecule has 1 heterocycles. The van der Waals surface area contributed by atoms with Crippen LogP contribution in [-0.4, -0.2) is 77.8 Å². The van der Waals surface area contributed by atoms with Crippen molar-refractivity contribution in [3.8, 4) is 11.5 Å². The van der Waals surface area contributed by atoms with Crippen LogP contribution in [-0.2, 0) is 16.0 Å². The predicted molar refractivity (Wildman–Crippen MR) is 107 cm³/mol.